The van der Waals surface area contributed by atoms with E-state index in [9.17, 15) is 9.59 Å². The van der Waals surface area contributed by atoms with Crippen LogP contribution in [0.25, 0.3) is 0 Å². The van der Waals surface area contributed by atoms with Gasteiger partial charge in [-0.1, -0.05) is 0 Å². The van der Waals surface area contributed by atoms with Crippen molar-refractivity contribution in [2.24, 2.45) is 0 Å². The van der Waals surface area contributed by atoms with Gasteiger partial charge < -0.3 is 15.2 Å². The van der Waals surface area contributed by atoms with Gasteiger partial charge in [0.2, 0.25) is 0 Å². The highest BCUT2D eigenvalue weighted by Gasteiger charge is 2.21. The standard InChI is InChI=1S/C16H17N3O4/c1-23-14-8-10(16(21)22)5-6-12(14)18-15(20)11-9-17-19-7-3-2-4-13(11)19/h5-6,8-9H,2-4,7H2,1H3,(H,18,20)(H,21,22). The first-order valence-electron chi connectivity index (χ1n) is 7.37. The number of aromatic carboxylic acids is 1. The molecule has 120 valence electrons. The maximum atomic E-state index is 12.5. The molecule has 2 N–H and O–H groups in total. The number of rotatable bonds is 4. The molecule has 1 amide bonds. The van der Waals surface area contributed by atoms with Crippen molar-refractivity contribution in [2.45, 2.75) is 25.8 Å². The molecule has 0 spiro atoms. The molecule has 0 unspecified atom stereocenters. The Balaban J connectivity index is 1.85. The number of carboxylic acid groups (broad SMARTS) is 1. The summed E-state index contributed by atoms with van der Waals surface area (Å²) in [5.74, 6) is -1.01. The molecule has 0 saturated carbocycles. The molecule has 3 rings (SSSR count). The van der Waals surface area contributed by atoms with Crippen molar-refractivity contribution in [3.05, 3.63) is 41.2 Å². The van der Waals surface area contributed by atoms with E-state index >= 15 is 0 Å². The van der Waals surface area contributed by atoms with Crippen LogP contribution in [0, 0.1) is 0 Å². The Bertz CT molecular complexity index is 767. The predicted molar refractivity (Wildman–Crippen MR) is 83.1 cm³/mol. The number of hydrogen-bond acceptors (Lipinski definition) is 4. The number of anilines is 1. The molecule has 7 nitrogen and oxygen atoms in total. The second-order valence-electron chi connectivity index (χ2n) is 5.36. The van der Waals surface area contributed by atoms with Crippen LogP contribution in [0.3, 0.4) is 0 Å². The summed E-state index contributed by atoms with van der Waals surface area (Å²) in [6.07, 6.45) is 4.52. The highest BCUT2D eigenvalue weighted by molar-refractivity contribution is 6.06. The highest BCUT2D eigenvalue weighted by atomic mass is 16.5. The number of nitrogens with zero attached hydrogens (tertiary/aromatic N) is 2. The average Bonchev–Trinajstić information content (AvgIpc) is 2.99. The van der Waals surface area contributed by atoms with E-state index in [4.69, 9.17) is 9.84 Å². The van der Waals surface area contributed by atoms with E-state index in [-0.39, 0.29) is 11.5 Å². The molecule has 2 aromatic rings. The molecular weight excluding hydrogens is 298 g/mol. The summed E-state index contributed by atoms with van der Waals surface area (Å²) in [5, 5.41) is 16.0. The van der Waals surface area contributed by atoms with Crippen molar-refractivity contribution >= 4 is 17.6 Å². The fourth-order valence-electron chi connectivity index (χ4n) is 2.73. The van der Waals surface area contributed by atoms with Crippen molar-refractivity contribution in [2.75, 3.05) is 12.4 Å². The molecule has 0 radical (unpaired) electrons. The maximum absolute atomic E-state index is 12.5. The first-order valence-corrected chi connectivity index (χ1v) is 7.37. The van der Waals surface area contributed by atoms with Gasteiger partial charge in [0.1, 0.15) is 5.75 Å². The number of amides is 1. The summed E-state index contributed by atoms with van der Waals surface area (Å²) in [7, 11) is 1.43. The molecular formula is C16H17N3O4. The SMILES string of the molecule is COc1cc(C(=O)O)ccc1NC(=O)c1cnn2c1CCCC2. The average molecular weight is 315 g/mol. The molecule has 23 heavy (non-hydrogen) atoms. The largest absolute Gasteiger partial charge is 0.495 e. The molecule has 1 aromatic heterocycles. The third-order valence-corrected chi connectivity index (χ3v) is 3.92. The minimum atomic E-state index is -1.05. The predicted octanol–water partition coefficient (Wildman–Crippen LogP) is 2.18. The van der Waals surface area contributed by atoms with Crippen molar-refractivity contribution in [1.29, 1.82) is 0 Å². The number of carboxylic acids is 1. The maximum Gasteiger partial charge on any atom is 0.335 e. The summed E-state index contributed by atoms with van der Waals surface area (Å²) in [4.78, 5) is 23.5. The van der Waals surface area contributed by atoms with E-state index in [2.05, 4.69) is 10.4 Å². The fraction of sp³-hybridized carbons (Fsp3) is 0.312. The van der Waals surface area contributed by atoms with Crippen molar-refractivity contribution in [1.82, 2.24) is 9.78 Å². The van der Waals surface area contributed by atoms with Crippen LogP contribution >= 0.6 is 0 Å². The number of aromatic nitrogens is 2. The number of hydrogen-bond donors (Lipinski definition) is 2. The monoisotopic (exact) mass is 315 g/mol. The molecule has 1 aliphatic heterocycles. The zero-order valence-electron chi connectivity index (χ0n) is 12.7. The van der Waals surface area contributed by atoms with Crippen LogP contribution in [0.4, 0.5) is 5.69 Å². The Morgan fingerprint density at radius 1 is 1.35 bits per heavy atom. The van der Waals surface area contributed by atoms with Crippen LogP contribution in [-0.2, 0) is 13.0 Å². The van der Waals surface area contributed by atoms with E-state index in [0.29, 0.717) is 17.0 Å². The first-order chi connectivity index (χ1) is 11.1. The van der Waals surface area contributed by atoms with Gasteiger partial charge in [0.05, 0.1) is 35.8 Å². The van der Waals surface area contributed by atoms with Gasteiger partial charge >= 0.3 is 5.97 Å². The second-order valence-corrected chi connectivity index (χ2v) is 5.36. The third kappa shape index (κ3) is 2.90. The van der Waals surface area contributed by atoms with Crippen LogP contribution in [0.5, 0.6) is 5.75 Å². The van der Waals surface area contributed by atoms with Gasteiger partial charge in [-0.15, -0.1) is 0 Å². The lowest BCUT2D eigenvalue weighted by Gasteiger charge is -2.15. The number of carbonyl (C=O) groups excluding carboxylic acids is 1. The quantitative estimate of drug-likeness (QED) is 0.902. The van der Waals surface area contributed by atoms with Crippen LogP contribution in [0.15, 0.2) is 24.4 Å². The number of nitrogens with one attached hydrogen (secondary N) is 1. The second kappa shape index (κ2) is 6.12. The van der Waals surface area contributed by atoms with Gasteiger partial charge in [0.15, 0.2) is 0 Å². The van der Waals surface area contributed by atoms with Crippen LogP contribution in [0.1, 0.15) is 39.3 Å². The van der Waals surface area contributed by atoms with Gasteiger partial charge in [-0.2, -0.15) is 5.10 Å². The van der Waals surface area contributed by atoms with Crippen molar-refractivity contribution in [3.8, 4) is 5.75 Å². The molecule has 0 saturated heterocycles. The number of aryl methyl sites for hydroxylation is 1. The normalized spacial score (nSPS) is 13.3. The molecule has 2 heterocycles. The molecule has 0 aliphatic carbocycles. The topological polar surface area (TPSA) is 93.4 Å². The number of ether oxygens (including phenoxy) is 1. The third-order valence-electron chi connectivity index (χ3n) is 3.92. The Hall–Kier alpha value is -2.83. The Kier molecular flexibility index (Phi) is 4.01. The van der Waals surface area contributed by atoms with Gasteiger partial charge in [-0.05, 0) is 37.5 Å². The van der Waals surface area contributed by atoms with E-state index in [1.165, 1.54) is 25.3 Å². The summed E-state index contributed by atoms with van der Waals surface area (Å²) in [6, 6.07) is 4.33. The minimum Gasteiger partial charge on any atom is -0.495 e. The zero-order valence-corrected chi connectivity index (χ0v) is 12.7. The van der Waals surface area contributed by atoms with Crippen LogP contribution < -0.4 is 10.1 Å². The van der Waals surface area contributed by atoms with Crippen LogP contribution in [-0.4, -0.2) is 33.9 Å². The van der Waals surface area contributed by atoms with E-state index < -0.39 is 5.97 Å². The zero-order chi connectivity index (χ0) is 16.4. The van der Waals surface area contributed by atoms with Crippen LogP contribution in [0.2, 0.25) is 0 Å². The lowest BCUT2D eigenvalue weighted by molar-refractivity contribution is 0.0696. The lowest BCUT2D eigenvalue weighted by Crippen LogP contribution is -2.18. The summed E-state index contributed by atoms with van der Waals surface area (Å²) in [5.41, 5.74) is 2.02. The van der Waals surface area contributed by atoms with E-state index in [0.717, 1.165) is 31.5 Å². The van der Waals surface area contributed by atoms with E-state index in [1.54, 1.807) is 6.20 Å². The molecule has 0 atom stereocenters. The van der Waals surface area contributed by atoms with E-state index in [1.807, 2.05) is 4.68 Å². The molecule has 0 fully saturated rings. The van der Waals surface area contributed by atoms with Gasteiger partial charge in [0, 0.05) is 6.54 Å². The highest BCUT2D eigenvalue weighted by Crippen LogP contribution is 2.27. The van der Waals surface area contributed by atoms with Crippen molar-refractivity contribution in [3.63, 3.8) is 0 Å². The molecule has 1 aromatic carbocycles. The number of fused-ring (bicyclic) bond motifs is 1. The first kappa shape index (κ1) is 15.1. The molecule has 7 heteroatoms. The Morgan fingerprint density at radius 3 is 2.91 bits per heavy atom. The summed E-state index contributed by atoms with van der Waals surface area (Å²) < 4.78 is 7.03. The van der Waals surface area contributed by atoms with Crippen molar-refractivity contribution < 1.29 is 19.4 Å². The fourth-order valence-corrected chi connectivity index (χ4v) is 2.73. The number of methoxy groups -OCH3 is 1. The summed E-state index contributed by atoms with van der Waals surface area (Å²) in [6.45, 7) is 0.833. The smallest absolute Gasteiger partial charge is 0.335 e. The Morgan fingerprint density at radius 2 is 2.17 bits per heavy atom. The van der Waals surface area contributed by atoms with Gasteiger partial charge in [-0.3, -0.25) is 9.48 Å². The Labute approximate surface area is 132 Å². The number of benzene rings is 1. The number of carbonyl (C=O) groups is 2. The minimum absolute atomic E-state index is 0.0998. The molecule has 0 bridgehead atoms. The summed E-state index contributed by atoms with van der Waals surface area (Å²) >= 11 is 0. The molecule has 1 aliphatic rings. The lowest BCUT2D eigenvalue weighted by atomic mass is 10.1. The van der Waals surface area contributed by atoms with Gasteiger partial charge in [-0.25, -0.2) is 4.79 Å². The van der Waals surface area contributed by atoms with Gasteiger partial charge in [0.25, 0.3) is 5.91 Å².